The molecule has 0 spiro atoms. The van der Waals surface area contributed by atoms with Crippen LogP contribution in [0, 0.1) is 0 Å². The van der Waals surface area contributed by atoms with Gasteiger partial charge in [-0.3, -0.25) is 19.1 Å². The molecular formula is C23H25N7O3. The zero-order valence-corrected chi connectivity index (χ0v) is 18.5. The van der Waals surface area contributed by atoms with E-state index in [-0.39, 0.29) is 17.1 Å². The number of anilines is 2. The molecule has 0 atom stereocenters. The van der Waals surface area contributed by atoms with Gasteiger partial charge in [0.25, 0.3) is 11.5 Å². The summed E-state index contributed by atoms with van der Waals surface area (Å²) in [5.41, 5.74) is 6.74. The number of fused-ring (bicyclic) bond motifs is 1. The van der Waals surface area contributed by atoms with E-state index in [0.29, 0.717) is 30.5 Å². The van der Waals surface area contributed by atoms with Crippen molar-refractivity contribution in [3.8, 4) is 0 Å². The second-order valence-electron chi connectivity index (χ2n) is 7.79. The third-order valence-electron chi connectivity index (χ3n) is 5.49. The molecule has 0 aliphatic heterocycles. The van der Waals surface area contributed by atoms with Crippen molar-refractivity contribution in [3.63, 3.8) is 0 Å². The lowest BCUT2D eigenvalue weighted by Crippen LogP contribution is -2.39. The molecule has 3 heterocycles. The normalized spacial score (nSPS) is 11.1. The Bertz CT molecular complexity index is 1420. The Hall–Kier alpha value is -4.21. The molecule has 1 amide bonds. The van der Waals surface area contributed by atoms with E-state index < -0.39 is 17.2 Å². The molecule has 0 unspecified atom stereocenters. The van der Waals surface area contributed by atoms with Gasteiger partial charge < -0.3 is 10.6 Å². The van der Waals surface area contributed by atoms with E-state index in [0.717, 1.165) is 16.9 Å². The summed E-state index contributed by atoms with van der Waals surface area (Å²) in [5.74, 6) is -0.518. The summed E-state index contributed by atoms with van der Waals surface area (Å²) < 4.78 is 3.04. The van der Waals surface area contributed by atoms with Crippen LogP contribution in [-0.4, -0.2) is 37.3 Å². The third-order valence-corrected chi connectivity index (χ3v) is 5.49. The Morgan fingerprint density at radius 1 is 1.18 bits per heavy atom. The maximum Gasteiger partial charge on any atom is 0.330 e. The van der Waals surface area contributed by atoms with Crippen LogP contribution in [0.1, 0.15) is 35.7 Å². The second kappa shape index (κ2) is 9.11. The van der Waals surface area contributed by atoms with Gasteiger partial charge in [0.2, 0.25) is 0 Å². The molecule has 4 aromatic rings. The van der Waals surface area contributed by atoms with Crippen molar-refractivity contribution in [1.29, 1.82) is 0 Å². The fourth-order valence-corrected chi connectivity index (χ4v) is 3.70. The standard InChI is InChI=1S/C23H25N7O3/c1-3-4-10-29-19(24)18(21(31)27-23(29)33)28(2)22(32)17-11-16-13-26-30(20(16)25-12-17)14-15-8-6-5-7-9-15/h5-9,11-13H,3-4,10,14,24H2,1-2H3,(H,27,31,33). The number of rotatable bonds is 7. The number of hydrogen-bond donors (Lipinski definition) is 2. The topological polar surface area (TPSA) is 132 Å². The van der Waals surface area contributed by atoms with E-state index in [2.05, 4.69) is 15.1 Å². The first-order valence-electron chi connectivity index (χ1n) is 10.7. The highest BCUT2D eigenvalue weighted by atomic mass is 16.2. The third kappa shape index (κ3) is 4.27. The van der Waals surface area contributed by atoms with Crippen molar-refractivity contribution in [2.24, 2.45) is 0 Å². The van der Waals surface area contributed by atoms with Gasteiger partial charge >= 0.3 is 5.69 Å². The molecule has 0 radical (unpaired) electrons. The number of unbranched alkanes of at least 4 members (excludes halogenated alkanes) is 1. The fourth-order valence-electron chi connectivity index (χ4n) is 3.70. The quantitative estimate of drug-likeness (QED) is 0.445. The Labute approximate surface area is 189 Å². The van der Waals surface area contributed by atoms with Gasteiger partial charge in [-0.2, -0.15) is 5.10 Å². The summed E-state index contributed by atoms with van der Waals surface area (Å²) in [6.07, 6.45) is 4.65. The van der Waals surface area contributed by atoms with E-state index in [1.54, 1.807) is 16.9 Å². The number of hydrogen-bond acceptors (Lipinski definition) is 6. The molecule has 0 bridgehead atoms. The maximum absolute atomic E-state index is 13.2. The highest BCUT2D eigenvalue weighted by Gasteiger charge is 2.23. The summed E-state index contributed by atoms with van der Waals surface area (Å²) in [6.45, 7) is 2.88. The molecule has 10 nitrogen and oxygen atoms in total. The second-order valence-corrected chi connectivity index (χ2v) is 7.79. The minimum absolute atomic E-state index is 0.0437. The van der Waals surface area contributed by atoms with Crippen LogP contribution in [0.2, 0.25) is 0 Å². The van der Waals surface area contributed by atoms with Crippen LogP contribution in [-0.2, 0) is 13.1 Å². The first-order valence-corrected chi connectivity index (χ1v) is 10.7. The largest absolute Gasteiger partial charge is 0.383 e. The zero-order valence-electron chi connectivity index (χ0n) is 18.5. The fraction of sp³-hybridized carbons (Fsp3) is 0.261. The van der Waals surface area contributed by atoms with E-state index in [4.69, 9.17) is 5.73 Å². The summed E-state index contributed by atoms with van der Waals surface area (Å²) in [7, 11) is 1.45. The number of aromatic nitrogens is 5. The average Bonchev–Trinajstić information content (AvgIpc) is 3.20. The first kappa shape index (κ1) is 22.0. The van der Waals surface area contributed by atoms with Crippen LogP contribution >= 0.6 is 0 Å². The predicted molar refractivity (Wildman–Crippen MR) is 126 cm³/mol. The lowest BCUT2D eigenvalue weighted by molar-refractivity contribution is 0.0992. The minimum Gasteiger partial charge on any atom is -0.383 e. The lowest BCUT2D eigenvalue weighted by Gasteiger charge is -2.20. The minimum atomic E-state index is -0.717. The van der Waals surface area contributed by atoms with E-state index in [1.165, 1.54) is 17.8 Å². The van der Waals surface area contributed by atoms with Crippen molar-refractivity contribution in [3.05, 3.63) is 80.8 Å². The van der Waals surface area contributed by atoms with E-state index in [9.17, 15) is 14.4 Å². The number of amides is 1. The number of carbonyl (C=O) groups excluding carboxylic acids is 1. The number of benzene rings is 1. The zero-order chi connectivity index (χ0) is 23.5. The number of pyridine rings is 1. The molecular weight excluding hydrogens is 422 g/mol. The van der Waals surface area contributed by atoms with Gasteiger partial charge in [-0.15, -0.1) is 0 Å². The maximum atomic E-state index is 13.2. The molecule has 0 fully saturated rings. The van der Waals surface area contributed by atoms with Crippen molar-refractivity contribution in [1.82, 2.24) is 24.3 Å². The van der Waals surface area contributed by atoms with Crippen molar-refractivity contribution in [2.75, 3.05) is 17.7 Å². The summed E-state index contributed by atoms with van der Waals surface area (Å²) in [5, 5.41) is 5.08. The summed E-state index contributed by atoms with van der Waals surface area (Å²) in [6, 6.07) is 11.5. The van der Waals surface area contributed by atoms with Gasteiger partial charge in [-0.1, -0.05) is 43.7 Å². The van der Waals surface area contributed by atoms with Gasteiger partial charge in [-0.05, 0) is 18.1 Å². The Morgan fingerprint density at radius 2 is 1.94 bits per heavy atom. The molecule has 0 saturated heterocycles. The molecule has 0 aliphatic carbocycles. The highest BCUT2D eigenvalue weighted by molar-refractivity contribution is 6.07. The van der Waals surface area contributed by atoms with E-state index in [1.807, 2.05) is 37.3 Å². The molecule has 33 heavy (non-hydrogen) atoms. The molecule has 4 rings (SSSR count). The van der Waals surface area contributed by atoms with Crippen LogP contribution < -0.4 is 21.9 Å². The van der Waals surface area contributed by atoms with Crippen molar-refractivity contribution < 1.29 is 4.79 Å². The molecule has 3 aromatic heterocycles. The van der Waals surface area contributed by atoms with Gasteiger partial charge in [-0.25, -0.2) is 14.5 Å². The smallest absolute Gasteiger partial charge is 0.330 e. The number of nitrogens with zero attached hydrogens (tertiary/aromatic N) is 5. The lowest BCUT2D eigenvalue weighted by atomic mass is 10.2. The Morgan fingerprint density at radius 3 is 2.67 bits per heavy atom. The molecule has 1 aromatic carbocycles. The van der Waals surface area contributed by atoms with Crippen LogP contribution in [0.15, 0.2) is 58.4 Å². The molecule has 0 saturated carbocycles. The monoisotopic (exact) mass is 447 g/mol. The van der Waals surface area contributed by atoms with Crippen LogP contribution in [0.3, 0.4) is 0 Å². The number of nitrogens with one attached hydrogen (secondary N) is 1. The van der Waals surface area contributed by atoms with Gasteiger partial charge in [0.05, 0.1) is 18.3 Å². The summed E-state index contributed by atoms with van der Waals surface area (Å²) in [4.78, 5) is 45.6. The molecule has 170 valence electrons. The Balaban J connectivity index is 1.65. The van der Waals surface area contributed by atoms with Crippen LogP contribution in [0.4, 0.5) is 11.5 Å². The molecule has 3 N–H and O–H groups in total. The molecule has 10 heteroatoms. The number of nitrogen functional groups attached to an aromatic ring is 1. The average molecular weight is 447 g/mol. The van der Waals surface area contributed by atoms with Crippen LogP contribution in [0.25, 0.3) is 11.0 Å². The SMILES string of the molecule is CCCCn1c(N)c(N(C)C(=O)c2cnc3c(cnn3Cc3ccccc3)c2)c(=O)[nH]c1=O. The summed E-state index contributed by atoms with van der Waals surface area (Å²) >= 11 is 0. The Kier molecular flexibility index (Phi) is 6.07. The van der Waals surface area contributed by atoms with Gasteiger partial charge in [0.15, 0.2) is 11.3 Å². The first-order chi connectivity index (χ1) is 15.9. The number of aromatic amines is 1. The van der Waals surface area contributed by atoms with Crippen molar-refractivity contribution in [2.45, 2.75) is 32.9 Å². The van der Waals surface area contributed by atoms with E-state index >= 15 is 0 Å². The van der Waals surface area contributed by atoms with Gasteiger partial charge in [0.1, 0.15) is 5.82 Å². The van der Waals surface area contributed by atoms with Crippen molar-refractivity contribution >= 4 is 28.4 Å². The molecule has 0 aliphatic rings. The van der Waals surface area contributed by atoms with Gasteiger partial charge in [0, 0.05) is 25.2 Å². The number of nitrogens with two attached hydrogens (primary N) is 1. The van der Waals surface area contributed by atoms with Crippen LogP contribution in [0.5, 0.6) is 0 Å². The predicted octanol–water partition coefficient (Wildman–Crippen LogP) is 1.99. The number of H-pyrrole nitrogens is 1. The highest BCUT2D eigenvalue weighted by Crippen LogP contribution is 2.20. The number of carbonyl (C=O) groups is 1.